The van der Waals surface area contributed by atoms with E-state index in [1.54, 1.807) is 0 Å². The van der Waals surface area contributed by atoms with Crippen LogP contribution in [0, 0.1) is 0 Å². The van der Waals surface area contributed by atoms with E-state index in [9.17, 15) is 4.79 Å². The maximum Gasteiger partial charge on any atom is 0.244 e. The van der Waals surface area contributed by atoms with Crippen LogP contribution < -0.4 is 16.0 Å². The standard InChI is InChI=1S/C17H25N3O/c21-17(19-13-8-4-2-1-3-5-9-13)16-12-18-14-10-6-7-11-15(14)20-16/h6-7,10-11,13,16,18,20H,1-5,8-9,12H2,(H,19,21). The highest BCUT2D eigenvalue weighted by molar-refractivity contribution is 5.88. The van der Waals surface area contributed by atoms with E-state index in [-0.39, 0.29) is 11.9 Å². The molecule has 21 heavy (non-hydrogen) atoms. The Morgan fingerprint density at radius 1 is 1.00 bits per heavy atom. The van der Waals surface area contributed by atoms with Gasteiger partial charge in [-0.2, -0.15) is 0 Å². The summed E-state index contributed by atoms with van der Waals surface area (Å²) in [5.74, 6) is 0.127. The van der Waals surface area contributed by atoms with Gasteiger partial charge in [-0.15, -0.1) is 0 Å². The van der Waals surface area contributed by atoms with Crippen molar-refractivity contribution in [3.8, 4) is 0 Å². The molecule has 3 rings (SSSR count). The summed E-state index contributed by atoms with van der Waals surface area (Å²) in [7, 11) is 0. The highest BCUT2D eigenvalue weighted by Crippen LogP contribution is 2.25. The molecule has 0 radical (unpaired) electrons. The van der Waals surface area contributed by atoms with E-state index in [0.29, 0.717) is 12.6 Å². The van der Waals surface area contributed by atoms with Gasteiger partial charge in [-0.25, -0.2) is 0 Å². The van der Waals surface area contributed by atoms with E-state index in [2.05, 4.69) is 16.0 Å². The van der Waals surface area contributed by atoms with Crippen molar-refractivity contribution in [3.63, 3.8) is 0 Å². The molecular weight excluding hydrogens is 262 g/mol. The molecule has 1 fully saturated rings. The zero-order chi connectivity index (χ0) is 14.5. The minimum atomic E-state index is -0.176. The minimum absolute atomic E-state index is 0.127. The highest BCUT2D eigenvalue weighted by Gasteiger charge is 2.25. The molecule has 1 saturated carbocycles. The lowest BCUT2D eigenvalue weighted by molar-refractivity contribution is -0.122. The first-order chi connectivity index (χ1) is 10.3. The summed E-state index contributed by atoms with van der Waals surface area (Å²) in [6.07, 6.45) is 8.71. The van der Waals surface area contributed by atoms with Gasteiger partial charge in [-0.1, -0.05) is 44.2 Å². The molecule has 0 spiro atoms. The molecule has 1 heterocycles. The molecule has 3 N–H and O–H groups in total. The number of rotatable bonds is 2. The normalized spacial score (nSPS) is 23.0. The molecule has 0 aromatic heterocycles. The van der Waals surface area contributed by atoms with Gasteiger partial charge in [0.25, 0.3) is 0 Å². The number of carbonyl (C=O) groups excluding carboxylic acids is 1. The third kappa shape index (κ3) is 3.69. The van der Waals surface area contributed by atoms with Gasteiger partial charge in [0, 0.05) is 12.6 Å². The van der Waals surface area contributed by atoms with Crippen molar-refractivity contribution in [1.29, 1.82) is 0 Å². The molecule has 1 atom stereocenters. The molecule has 4 heteroatoms. The van der Waals surface area contributed by atoms with Crippen molar-refractivity contribution in [2.24, 2.45) is 0 Å². The lowest BCUT2D eigenvalue weighted by atomic mass is 9.96. The molecule has 1 aromatic rings. The minimum Gasteiger partial charge on any atom is -0.381 e. The predicted molar refractivity (Wildman–Crippen MR) is 86.6 cm³/mol. The van der Waals surface area contributed by atoms with Crippen LogP contribution in [0.5, 0.6) is 0 Å². The van der Waals surface area contributed by atoms with Crippen LogP contribution in [0.3, 0.4) is 0 Å². The molecule has 114 valence electrons. The molecule has 0 saturated heterocycles. The number of anilines is 2. The summed E-state index contributed by atoms with van der Waals surface area (Å²) in [6, 6.07) is 8.22. The third-order valence-corrected chi connectivity index (χ3v) is 4.52. The Hall–Kier alpha value is -1.71. The number of benzene rings is 1. The number of hydrogen-bond acceptors (Lipinski definition) is 3. The Kier molecular flexibility index (Phi) is 4.63. The topological polar surface area (TPSA) is 53.2 Å². The summed E-state index contributed by atoms with van der Waals surface area (Å²) in [5.41, 5.74) is 2.09. The first-order valence-electron chi connectivity index (χ1n) is 8.23. The van der Waals surface area contributed by atoms with Gasteiger partial charge in [-0.05, 0) is 25.0 Å². The Labute approximate surface area is 126 Å². The molecule has 1 amide bonds. The summed E-state index contributed by atoms with van der Waals surface area (Å²) >= 11 is 0. The molecule has 0 bridgehead atoms. The fourth-order valence-electron chi connectivity index (χ4n) is 3.27. The van der Waals surface area contributed by atoms with Crippen molar-refractivity contribution in [2.75, 3.05) is 17.2 Å². The summed E-state index contributed by atoms with van der Waals surface area (Å²) in [6.45, 7) is 0.648. The van der Waals surface area contributed by atoms with E-state index < -0.39 is 0 Å². The fourth-order valence-corrected chi connectivity index (χ4v) is 3.27. The van der Waals surface area contributed by atoms with E-state index in [4.69, 9.17) is 0 Å². The van der Waals surface area contributed by atoms with E-state index >= 15 is 0 Å². The summed E-state index contributed by atoms with van der Waals surface area (Å²) in [4.78, 5) is 12.5. The summed E-state index contributed by atoms with van der Waals surface area (Å²) < 4.78 is 0. The average molecular weight is 287 g/mol. The van der Waals surface area contributed by atoms with Crippen molar-refractivity contribution < 1.29 is 4.79 Å². The monoisotopic (exact) mass is 287 g/mol. The van der Waals surface area contributed by atoms with Crippen molar-refractivity contribution >= 4 is 17.3 Å². The van der Waals surface area contributed by atoms with Gasteiger partial charge in [-0.3, -0.25) is 4.79 Å². The number of carbonyl (C=O) groups is 1. The zero-order valence-electron chi connectivity index (χ0n) is 12.5. The maximum atomic E-state index is 12.5. The van der Waals surface area contributed by atoms with Gasteiger partial charge < -0.3 is 16.0 Å². The third-order valence-electron chi connectivity index (χ3n) is 4.52. The molecule has 1 aliphatic heterocycles. The molecule has 4 nitrogen and oxygen atoms in total. The van der Waals surface area contributed by atoms with Crippen LogP contribution in [0.25, 0.3) is 0 Å². The van der Waals surface area contributed by atoms with Crippen LogP contribution in [-0.2, 0) is 4.79 Å². The average Bonchev–Trinajstić information content (AvgIpc) is 2.49. The fraction of sp³-hybridized carbons (Fsp3) is 0.588. The van der Waals surface area contributed by atoms with Crippen molar-refractivity contribution in [2.45, 2.75) is 57.0 Å². The van der Waals surface area contributed by atoms with Crippen LogP contribution >= 0.6 is 0 Å². The van der Waals surface area contributed by atoms with Crippen LogP contribution in [0.1, 0.15) is 44.9 Å². The second-order valence-electron chi connectivity index (χ2n) is 6.17. The molecule has 2 aliphatic rings. The lowest BCUT2D eigenvalue weighted by Crippen LogP contribution is -2.49. The van der Waals surface area contributed by atoms with Crippen molar-refractivity contribution in [1.82, 2.24) is 5.32 Å². The van der Waals surface area contributed by atoms with Crippen LogP contribution in [0.15, 0.2) is 24.3 Å². The van der Waals surface area contributed by atoms with E-state index in [0.717, 1.165) is 24.2 Å². The van der Waals surface area contributed by atoms with Gasteiger partial charge in [0.1, 0.15) is 6.04 Å². The van der Waals surface area contributed by atoms with E-state index in [1.807, 2.05) is 24.3 Å². The highest BCUT2D eigenvalue weighted by atomic mass is 16.2. The maximum absolute atomic E-state index is 12.5. The second-order valence-corrected chi connectivity index (χ2v) is 6.17. The van der Waals surface area contributed by atoms with Crippen molar-refractivity contribution in [3.05, 3.63) is 24.3 Å². The second kappa shape index (κ2) is 6.83. The molecule has 1 unspecified atom stereocenters. The number of fused-ring (bicyclic) bond motifs is 1. The van der Waals surface area contributed by atoms with Gasteiger partial charge in [0.05, 0.1) is 11.4 Å². The SMILES string of the molecule is O=C(NC1CCCCCCC1)C1CNc2ccccc2N1. The predicted octanol–water partition coefficient (Wildman–Crippen LogP) is 3.12. The number of nitrogens with one attached hydrogen (secondary N) is 3. The number of amides is 1. The Morgan fingerprint density at radius 3 is 2.43 bits per heavy atom. The molecule has 1 aliphatic carbocycles. The molecule has 1 aromatic carbocycles. The first-order valence-corrected chi connectivity index (χ1v) is 8.23. The van der Waals surface area contributed by atoms with Gasteiger partial charge in [0.2, 0.25) is 5.91 Å². The zero-order valence-corrected chi connectivity index (χ0v) is 12.5. The van der Waals surface area contributed by atoms with Gasteiger partial charge in [0.15, 0.2) is 0 Å². The van der Waals surface area contributed by atoms with Crippen LogP contribution in [0.2, 0.25) is 0 Å². The number of hydrogen-bond donors (Lipinski definition) is 3. The quantitative estimate of drug-likeness (QED) is 0.783. The smallest absolute Gasteiger partial charge is 0.244 e. The van der Waals surface area contributed by atoms with E-state index in [1.165, 1.54) is 32.1 Å². The Bertz CT molecular complexity index is 481. The van der Waals surface area contributed by atoms with Crippen LogP contribution in [-0.4, -0.2) is 24.5 Å². The largest absolute Gasteiger partial charge is 0.381 e. The number of para-hydroxylation sites is 2. The molecular formula is C17H25N3O. The Balaban J connectivity index is 1.56. The van der Waals surface area contributed by atoms with Gasteiger partial charge >= 0.3 is 0 Å². The summed E-state index contributed by atoms with van der Waals surface area (Å²) in [5, 5.41) is 9.92. The first kappa shape index (κ1) is 14.2. The van der Waals surface area contributed by atoms with Crippen LogP contribution in [0.4, 0.5) is 11.4 Å². The lowest BCUT2D eigenvalue weighted by Gasteiger charge is -2.29. The Morgan fingerprint density at radius 2 is 1.67 bits per heavy atom.